The lowest BCUT2D eigenvalue weighted by Crippen LogP contribution is -2.49. The maximum atomic E-state index is 13.7. The minimum absolute atomic E-state index is 0.435. The lowest BCUT2D eigenvalue weighted by atomic mass is 10.0. The second kappa shape index (κ2) is 18.4. The highest BCUT2D eigenvalue weighted by Crippen LogP contribution is 2.28. The summed E-state index contributed by atoms with van der Waals surface area (Å²) in [5.74, 6) is -1.98. The van der Waals surface area contributed by atoms with Gasteiger partial charge in [-0.15, -0.1) is 0 Å². The number of ether oxygens (including phenoxy) is 1. The van der Waals surface area contributed by atoms with Crippen molar-refractivity contribution in [2.75, 3.05) is 24.7 Å². The number of nitrogens with one attached hydrogen (secondary N) is 5. The van der Waals surface area contributed by atoms with Crippen molar-refractivity contribution in [2.24, 2.45) is 0 Å². The standard InChI is InChI=1S/C44H49N7O8/c1-26(50(6)40(54)36(48-42(56)57)29-14-10-8-11-15-29)38(52)45-32-20-18-28(19-21-32)35-25-31-24-33(22-23-34(31)47-35)46-39(53)27(2)51(7)41(55)37(30-16-12-9-13-17-30)49-43(58)59-44(3,4)5/h8-27,36-37,47-48H,1-7H3,(H,45,52)(H,46,53)(H,49,58)(H,56,57)/t26-,27-,36+,37+/m0/s1. The average Bonchev–Trinajstić information content (AvgIpc) is 3.64. The minimum Gasteiger partial charge on any atom is -0.465 e. The Balaban J connectivity index is 1.21. The van der Waals surface area contributed by atoms with E-state index < -0.39 is 65.6 Å². The molecule has 6 amide bonds. The van der Waals surface area contributed by atoms with E-state index in [1.165, 1.54) is 23.9 Å². The first kappa shape index (κ1) is 43.0. The number of rotatable bonds is 13. The first-order chi connectivity index (χ1) is 27.9. The summed E-state index contributed by atoms with van der Waals surface area (Å²) in [7, 11) is 2.94. The number of nitrogens with zero attached hydrogens (tertiary/aromatic N) is 2. The summed E-state index contributed by atoms with van der Waals surface area (Å²) < 4.78 is 5.39. The van der Waals surface area contributed by atoms with Crippen molar-refractivity contribution in [3.05, 3.63) is 120 Å². The number of H-pyrrole nitrogens is 1. The van der Waals surface area contributed by atoms with Crippen molar-refractivity contribution in [1.82, 2.24) is 25.4 Å². The van der Waals surface area contributed by atoms with E-state index >= 15 is 0 Å². The second-order valence-corrected chi connectivity index (χ2v) is 15.1. The zero-order valence-corrected chi connectivity index (χ0v) is 33.9. The Bertz CT molecular complexity index is 2310. The summed E-state index contributed by atoms with van der Waals surface area (Å²) in [5, 5.41) is 20.7. The molecule has 15 heteroatoms. The van der Waals surface area contributed by atoms with Gasteiger partial charge in [0.15, 0.2) is 0 Å². The van der Waals surface area contributed by atoms with Gasteiger partial charge in [0.25, 0.3) is 0 Å². The van der Waals surface area contributed by atoms with E-state index in [2.05, 4.69) is 26.3 Å². The summed E-state index contributed by atoms with van der Waals surface area (Å²) in [4.78, 5) is 83.6. The molecule has 0 fully saturated rings. The van der Waals surface area contributed by atoms with Gasteiger partial charge in [-0.1, -0.05) is 72.8 Å². The first-order valence-electron chi connectivity index (χ1n) is 18.9. The summed E-state index contributed by atoms with van der Waals surface area (Å²) in [6.07, 6.45) is -2.13. The monoisotopic (exact) mass is 803 g/mol. The highest BCUT2D eigenvalue weighted by molar-refractivity contribution is 6.00. The number of amides is 6. The van der Waals surface area contributed by atoms with Crippen LogP contribution < -0.4 is 21.3 Å². The normalized spacial score (nSPS) is 13.2. The molecule has 15 nitrogen and oxygen atoms in total. The molecule has 0 aliphatic heterocycles. The van der Waals surface area contributed by atoms with Gasteiger partial charge in [0, 0.05) is 42.1 Å². The molecule has 6 N–H and O–H groups in total. The fourth-order valence-corrected chi connectivity index (χ4v) is 6.15. The molecule has 0 aliphatic carbocycles. The van der Waals surface area contributed by atoms with Crippen LogP contribution in [0.15, 0.2) is 109 Å². The summed E-state index contributed by atoms with van der Waals surface area (Å²) >= 11 is 0. The highest BCUT2D eigenvalue weighted by Gasteiger charge is 2.33. The number of hydrogen-bond donors (Lipinski definition) is 6. The highest BCUT2D eigenvalue weighted by atomic mass is 16.6. The average molecular weight is 804 g/mol. The van der Waals surface area contributed by atoms with Crippen molar-refractivity contribution < 1.29 is 38.6 Å². The van der Waals surface area contributed by atoms with E-state index in [-0.39, 0.29) is 0 Å². The van der Waals surface area contributed by atoms with E-state index in [9.17, 15) is 33.9 Å². The van der Waals surface area contributed by atoms with Crippen molar-refractivity contribution >= 4 is 58.1 Å². The van der Waals surface area contributed by atoms with E-state index in [0.29, 0.717) is 22.5 Å². The Morgan fingerprint density at radius 3 is 1.61 bits per heavy atom. The number of aromatic amines is 1. The van der Waals surface area contributed by atoms with Crippen LogP contribution in [0.4, 0.5) is 21.0 Å². The molecule has 0 saturated heterocycles. The number of carboxylic acid groups (broad SMARTS) is 1. The molecule has 5 aromatic rings. The van der Waals surface area contributed by atoms with Gasteiger partial charge in [0.2, 0.25) is 23.6 Å². The van der Waals surface area contributed by atoms with Gasteiger partial charge >= 0.3 is 12.2 Å². The number of carbonyl (C=O) groups excluding carboxylic acids is 5. The molecular formula is C44H49N7O8. The van der Waals surface area contributed by atoms with E-state index in [1.807, 2.05) is 24.3 Å². The van der Waals surface area contributed by atoms with E-state index in [0.717, 1.165) is 22.2 Å². The number of hydrogen-bond acceptors (Lipinski definition) is 7. The summed E-state index contributed by atoms with van der Waals surface area (Å²) in [6.45, 7) is 8.32. The molecule has 0 radical (unpaired) electrons. The molecule has 0 unspecified atom stereocenters. The number of alkyl carbamates (subject to hydrolysis) is 1. The predicted molar refractivity (Wildman–Crippen MR) is 224 cm³/mol. The molecule has 0 bridgehead atoms. The SMILES string of the molecule is C[C@@H](C(=O)Nc1ccc(-c2cc3cc(NC(=O)[C@H](C)N(C)C(=O)[C@H](NC(=O)OC(C)(C)C)c4ccccc4)ccc3[nH]2)cc1)N(C)C(=O)[C@H](NC(=O)O)c1ccccc1. The maximum Gasteiger partial charge on any atom is 0.408 e. The van der Waals surface area contributed by atoms with Crippen LogP contribution in [-0.2, 0) is 23.9 Å². The van der Waals surface area contributed by atoms with Crippen molar-refractivity contribution in [3.8, 4) is 11.3 Å². The predicted octanol–water partition coefficient (Wildman–Crippen LogP) is 6.68. The third-order valence-electron chi connectivity index (χ3n) is 9.66. The number of carbonyl (C=O) groups is 6. The molecule has 4 atom stereocenters. The van der Waals surface area contributed by atoms with Gasteiger partial charge in [-0.2, -0.15) is 0 Å². The van der Waals surface area contributed by atoms with Crippen LogP contribution in [-0.4, -0.2) is 87.5 Å². The first-order valence-corrected chi connectivity index (χ1v) is 18.9. The van der Waals surface area contributed by atoms with Gasteiger partial charge in [-0.3, -0.25) is 19.2 Å². The molecule has 0 saturated carbocycles. The molecule has 308 valence electrons. The largest absolute Gasteiger partial charge is 0.465 e. The number of fused-ring (bicyclic) bond motifs is 1. The van der Waals surface area contributed by atoms with Crippen LogP contribution in [0.2, 0.25) is 0 Å². The molecule has 4 aromatic carbocycles. The van der Waals surface area contributed by atoms with Crippen LogP contribution in [0.5, 0.6) is 0 Å². The third-order valence-corrected chi connectivity index (χ3v) is 9.66. The number of benzene rings is 4. The summed E-state index contributed by atoms with van der Waals surface area (Å²) in [5.41, 5.74) is 3.61. The smallest absolute Gasteiger partial charge is 0.408 e. The molecule has 59 heavy (non-hydrogen) atoms. The topological polar surface area (TPSA) is 202 Å². The Morgan fingerprint density at radius 1 is 0.644 bits per heavy atom. The van der Waals surface area contributed by atoms with Crippen LogP contribution in [0.25, 0.3) is 22.2 Å². The fraction of sp³-hybridized carbons (Fsp3) is 0.273. The van der Waals surface area contributed by atoms with Crippen molar-refractivity contribution in [3.63, 3.8) is 0 Å². The number of anilines is 2. The zero-order valence-electron chi connectivity index (χ0n) is 33.9. The quantitative estimate of drug-likeness (QED) is 0.0757. The Hall–Kier alpha value is -7.16. The molecule has 1 heterocycles. The lowest BCUT2D eigenvalue weighted by Gasteiger charge is -2.29. The van der Waals surface area contributed by atoms with Gasteiger partial charge < -0.3 is 45.9 Å². The van der Waals surface area contributed by atoms with Crippen LogP contribution in [0.1, 0.15) is 57.8 Å². The van der Waals surface area contributed by atoms with Crippen LogP contribution in [0.3, 0.4) is 0 Å². The Labute approximate surface area is 342 Å². The summed E-state index contributed by atoms with van der Waals surface area (Å²) in [6, 6.07) is 27.4. The van der Waals surface area contributed by atoms with Crippen molar-refractivity contribution in [1.29, 1.82) is 0 Å². The van der Waals surface area contributed by atoms with Gasteiger partial charge in [0.1, 0.15) is 29.8 Å². The Kier molecular flexibility index (Phi) is 13.4. The molecule has 0 spiro atoms. The fourth-order valence-electron chi connectivity index (χ4n) is 6.15. The number of likely N-dealkylation sites (N-methyl/N-ethyl adjacent to an activating group) is 2. The van der Waals surface area contributed by atoms with Gasteiger partial charge in [-0.25, -0.2) is 9.59 Å². The lowest BCUT2D eigenvalue weighted by molar-refractivity contribution is -0.138. The molecule has 0 aliphatic rings. The Morgan fingerprint density at radius 2 is 1.12 bits per heavy atom. The van der Waals surface area contributed by atoms with Crippen LogP contribution in [0, 0.1) is 0 Å². The van der Waals surface area contributed by atoms with Gasteiger partial charge in [0.05, 0.1) is 0 Å². The van der Waals surface area contributed by atoms with Crippen molar-refractivity contribution in [2.45, 2.75) is 64.4 Å². The van der Waals surface area contributed by atoms with E-state index in [4.69, 9.17) is 4.74 Å². The van der Waals surface area contributed by atoms with Gasteiger partial charge in [-0.05, 0) is 87.7 Å². The molecule has 5 rings (SSSR count). The van der Waals surface area contributed by atoms with E-state index in [1.54, 1.807) is 120 Å². The van der Waals surface area contributed by atoms with Crippen LogP contribution >= 0.6 is 0 Å². The molecular weight excluding hydrogens is 755 g/mol. The minimum atomic E-state index is -1.37. The zero-order chi connectivity index (χ0) is 43.0. The second-order valence-electron chi connectivity index (χ2n) is 15.1. The maximum absolute atomic E-state index is 13.7. The third kappa shape index (κ3) is 11.0. The molecule has 1 aromatic heterocycles. The number of aromatic nitrogens is 1.